The molecule has 0 bridgehead atoms. The average Bonchev–Trinajstić information content (AvgIpc) is 3.08. The second-order valence-electron chi connectivity index (χ2n) is 10.3. The molecule has 0 spiro atoms. The molecule has 3 fully saturated rings. The Morgan fingerprint density at radius 1 is 1.31 bits per heavy atom. The lowest BCUT2D eigenvalue weighted by Crippen LogP contribution is -2.35. The van der Waals surface area contributed by atoms with Crippen molar-refractivity contribution in [2.24, 2.45) is 11.3 Å². The van der Waals surface area contributed by atoms with E-state index in [-0.39, 0.29) is 30.2 Å². The normalized spacial score (nSPS) is 36.6. The van der Waals surface area contributed by atoms with Gasteiger partial charge >= 0.3 is 5.97 Å². The Bertz CT molecular complexity index is 833. The van der Waals surface area contributed by atoms with Gasteiger partial charge in [-0.1, -0.05) is 37.3 Å². The Balaban J connectivity index is 1.40. The highest BCUT2D eigenvalue weighted by atomic mass is 16.6. The van der Waals surface area contributed by atoms with Crippen molar-refractivity contribution in [1.82, 2.24) is 0 Å². The second kappa shape index (κ2) is 9.66. The van der Waals surface area contributed by atoms with Crippen molar-refractivity contribution in [3.8, 4) is 0 Å². The molecule has 5 nitrogen and oxygen atoms in total. The smallest absolute Gasteiger partial charge is 0.332 e. The van der Waals surface area contributed by atoms with Crippen molar-refractivity contribution in [3.05, 3.63) is 47.1 Å². The number of hydrogen-bond donors (Lipinski definition) is 2. The topological polar surface area (TPSA) is 76.0 Å². The maximum Gasteiger partial charge on any atom is 0.332 e. The van der Waals surface area contributed by atoms with Crippen LogP contribution in [0, 0.1) is 11.3 Å². The first-order valence-electron chi connectivity index (χ1n) is 12.2. The van der Waals surface area contributed by atoms with Gasteiger partial charge in [-0.3, -0.25) is 0 Å². The molecule has 0 unspecified atom stereocenters. The second-order valence-corrected chi connectivity index (χ2v) is 10.3. The lowest BCUT2D eigenvalue weighted by molar-refractivity contribution is -0.159. The van der Waals surface area contributed by atoms with E-state index in [1.165, 1.54) is 11.1 Å². The van der Waals surface area contributed by atoms with E-state index in [4.69, 9.17) is 9.47 Å². The van der Waals surface area contributed by atoms with E-state index in [0.29, 0.717) is 18.8 Å². The Morgan fingerprint density at radius 3 is 2.81 bits per heavy atom. The molecule has 0 saturated heterocycles. The predicted octanol–water partition coefficient (Wildman–Crippen LogP) is 4.55. The van der Waals surface area contributed by atoms with Gasteiger partial charge in [0.05, 0.1) is 18.3 Å². The molecule has 0 aliphatic heterocycles. The maximum absolute atomic E-state index is 12.1. The number of carbonyl (C=O) groups excluding carboxylic acids is 1. The number of hydrogen-bond acceptors (Lipinski definition) is 5. The summed E-state index contributed by atoms with van der Waals surface area (Å²) in [6.45, 7) is 8.42. The Morgan fingerprint density at radius 2 is 2.09 bits per heavy atom. The van der Waals surface area contributed by atoms with E-state index in [1.807, 2.05) is 6.92 Å². The lowest BCUT2D eigenvalue weighted by Gasteiger charge is -2.42. The van der Waals surface area contributed by atoms with E-state index in [2.05, 4.69) is 31.7 Å². The van der Waals surface area contributed by atoms with Crippen LogP contribution in [-0.4, -0.2) is 47.2 Å². The molecular weight excluding hydrogens is 404 g/mol. The van der Waals surface area contributed by atoms with Crippen molar-refractivity contribution in [2.45, 2.75) is 96.1 Å². The van der Waals surface area contributed by atoms with E-state index in [1.54, 1.807) is 0 Å². The SMILES string of the molecule is C=C1C(=CC=C2CCC[C@]3(C)C([C@H](C)OCC(=O)OC4CCC4)=CC[C@@H]23)C[C@@H](O)C[C@@H]1O. The van der Waals surface area contributed by atoms with E-state index in [9.17, 15) is 15.0 Å². The minimum absolute atomic E-state index is 0.0112. The third-order valence-corrected chi connectivity index (χ3v) is 8.11. The first-order chi connectivity index (χ1) is 15.3. The van der Waals surface area contributed by atoms with Gasteiger partial charge in [0.15, 0.2) is 0 Å². The molecule has 0 radical (unpaired) electrons. The van der Waals surface area contributed by atoms with Gasteiger partial charge in [0.1, 0.15) is 12.7 Å². The Hall–Kier alpha value is -1.69. The molecule has 176 valence electrons. The van der Waals surface area contributed by atoms with Gasteiger partial charge in [-0.05, 0) is 86.3 Å². The number of rotatable bonds is 6. The van der Waals surface area contributed by atoms with Gasteiger partial charge in [0.2, 0.25) is 0 Å². The summed E-state index contributed by atoms with van der Waals surface area (Å²) in [6.07, 6.45) is 13.7. The fourth-order valence-corrected chi connectivity index (χ4v) is 5.94. The predicted molar refractivity (Wildman–Crippen MR) is 124 cm³/mol. The molecule has 0 aromatic rings. The largest absolute Gasteiger partial charge is 0.461 e. The van der Waals surface area contributed by atoms with Crippen LogP contribution in [0.5, 0.6) is 0 Å². The summed E-state index contributed by atoms with van der Waals surface area (Å²) in [4.78, 5) is 12.1. The minimum Gasteiger partial charge on any atom is -0.461 e. The van der Waals surface area contributed by atoms with Crippen LogP contribution in [0.3, 0.4) is 0 Å². The van der Waals surface area contributed by atoms with Crippen LogP contribution in [0.4, 0.5) is 0 Å². The van der Waals surface area contributed by atoms with Crippen molar-refractivity contribution in [1.29, 1.82) is 0 Å². The standard InChI is InChI=1S/C27H38O5/c1-17-20(14-21(28)15-25(17)29)10-9-19-6-5-13-27(3)23(11-12-24(19)27)18(2)31-16-26(30)32-22-7-4-8-22/h9-11,18,21-22,24-25,28-29H,1,4-8,12-16H2,2-3H3/t18-,21+,24-,25-,27+/m0/s1. The van der Waals surface area contributed by atoms with Crippen LogP contribution in [0.25, 0.3) is 0 Å². The molecule has 0 amide bonds. The van der Waals surface area contributed by atoms with Crippen molar-refractivity contribution in [3.63, 3.8) is 0 Å². The van der Waals surface area contributed by atoms with Crippen LogP contribution in [0.15, 0.2) is 47.1 Å². The first-order valence-corrected chi connectivity index (χ1v) is 12.2. The lowest BCUT2D eigenvalue weighted by atomic mass is 9.63. The average molecular weight is 443 g/mol. The zero-order valence-electron chi connectivity index (χ0n) is 19.5. The minimum atomic E-state index is -0.659. The van der Waals surface area contributed by atoms with Gasteiger partial charge in [-0.15, -0.1) is 0 Å². The summed E-state index contributed by atoms with van der Waals surface area (Å²) in [6, 6.07) is 0. The fraction of sp³-hybridized carbons (Fsp3) is 0.667. The molecule has 2 N–H and O–H groups in total. The van der Waals surface area contributed by atoms with Gasteiger partial charge in [0.25, 0.3) is 0 Å². The van der Waals surface area contributed by atoms with E-state index < -0.39 is 12.2 Å². The summed E-state index contributed by atoms with van der Waals surface area (Å²) in [5, 5.41) is 20.2. The van der Waals surface area contributed by atoms with E-state index in [0.717, 1.165) is 56.1 Å². The van der Waals surface area contributed by atoms with Crippen LogP contribution in [-0.2, 0) is 14.3 Å². The first kappa shape index (κ1) is 23.5. The van der Waals surface area contributed by atoms with Crippen molar-refractivity contribution < 1.29 is 24.5 Å². The molecule has 0 aromatic carbocycles. The van der Waals surface area contributed by atoms with Crippen molar-refractivity contribution >= 4 is 5.97 Å². The number of ether oxygens (including phenoxy) is 2. The summed E-state index contributed by atoms with van der Waals surface area (Å²) in [5.41, 5.74) is 4.42. The Labute approximate surface area is 191 Å². The molecule has 4 aliphatic rings. The quantitative estimate of drug-likeness (QED) is 0.466. The van der Waals surface area contributed by atoms with Crippen LogP contribution in [0.1, 0.15) is 71.6 Å². The highest BCUT2D eigenvalue weighted by Gasteiger charge is 2.46. The van der Waals surface area contributed by atoms with Crippen LogP contribution >= 0.6 is 0 Å². The molecular formula is C27H38O5. The van der Waals surface area contributed by atoms with Crippen LogP contribution < -0.4 is 0 Å². The highest BCUT2D eigenvalue weighted by Crippen LogP contribution is 2.55. The van der Waals surface area contributed by atoms with Crippen molar-refractivity contribution in [2.75, 3.05) is 6.61 Å². The third kappa shape index (κ3) is 4.80. The summed E-state index contributed by atoms with van der Waals surface area (Å²) >= 11 is 0. The molecule has 5 heteroatoms. The fourth-order valence-electron chi connectivity index (χ4n) is 5.94. The monoisotopic (exact) mass is 442 g/mol. The number of fused-ring (bicyclic) bond motifs is 1. The number of aliphatic hydroxyl groups excluding tert-OH is 2. The highest BCUT2D eigenvalue weighted by molar-refractivity contribution is 5.71. The van der Waals surface area contributed by atoms with Gasteiger partial charge < -0.3 is 19.7 Å². The van der Waals surface area contributed by atoms with Gasteiger partial charge in [0, 0.05) is 6.42 Å². The number of allylic oxidation sites excluding steroid dienone is 4. The Kier molecular flexibility index (Phi) is 7.09. The molecule has 5 atom stereocenters. The van der Waals surface area contributed by atoms with E-state index >= 15 is 0 Å². The molecule has 3 saturated carbocycles. The maximum atomic E-state index is 12.1. The molecule has 32 heavy (non-hydrogen) atoms. The van der Waals surface area contributed by atoms with Gasteiger partial charge in [-0.25, -0.2) is 4.79 Å². The van der Waals surface area contributed by atoms with Gasteiger partial charge in [-0.2, -0.15) is 0 Å². The third-order valence-electron chi connectivity index (χ3n) is 8.11. The zero-order chi connectivity index (χ0) is 22.9. The molecule has 0 aromatic heterocycles. The molecule has 4 rings (SSSR count). The number of aliphatic hydroxyl groups is 2. The number of esters is 1. The summed E-state index contributed by atoms with van der Waals surface area (Å²) < 4.78 is 11.4. The molecule has 0 heterocycles. The van der Waals surface area contributed by atoms with Crippen LogP contribution in [0.2, 0.25) is 0 Å². The molecule has 4 aliphatic carbocycles. The summed E-state index contributed by atoms with van der Waals surface area (Å²) in [5.74, 6) is 0.164. The summed E-state index contributed by atoms with van der Waals surface area (Å²) in [7, 11) is 0. The number of carbonyl (C=O) groups is 1. The zero-order valence-corrected chi connectivity index (χ0v) is 19.5.